The normalized spacial score (nSPS) is 10.2. The molecule has 0 spiro atoms. The molecule has 1 amide bonds. The van der Waals surface area contributed by atoms with E-state index in [2.05, 4.69) is 20.8 Å². The number of aliphatic imine (C=N–C) groups is 1. The van der Waals surface area contributed by atoms with E-state index in [0.717, 1.165) is 11.8 Å². The molecule has 2 N–H and O–H groups in total. The van der Waals surface area contributed by atoms with Gasteiger partial charge >= 0.3 is 0 Å². The maximum Gasteiger partial charge on any atom is 0.276 e. The lowest BCUT2D eigenvalue weighted by Crippen LogP contribution is -2.37. The molecule has 0 unspecified atom stereocenters. The van der Waals surface area contributed by atoms with Crippen molar-refractivity contribution in [2.24, 2.45) is 4.99 Å². The smallest absolute Gasteiger partial charge is 0.276 e. The third-order valence-corrected chi connectivity index (χ3v) is 2.56. The zero-order chi connectivity index (χ0) is 14.9. The number of hydrogen-bond acceptors (Lipinski definition) is 5. The SMILES string of the molecule is N#Cc1cccc(N=CC(=O)NNCc2ccncc2)c1. The molecule has 0 fully saturated rings. The number of nitrogens with one attached hydrogen (secondary N) is 2. The molecule has 0 aliphatic carbocycles. The number of pyridine rings is 1. The van der Waals surface area contributed by atoms with Crippen LogP contribution in [0.2, 0.25) is 0 Å². The molecular formula is C15H13N5O. The number of hydrazine groups is 1. The standard InChI is InChI=1S/C15H13N5O/c16-9-13-2-1-3-14(8-13)18-11-15(21)20-19-10-12-4-6-17-7-5-12/h1-8,11,19H,10H2,(H,20,21). The first-order chi connectivity index (χ1) is 10.3. The lowest BCUT2D eigenvalue weighted by Gasteiger charge is -2.04. The Hall–Kier alpha value is -3.04. The summed E-state index contributed by atoms with van der Waals surface area (Å²) in [6.45, 7) is 0.492. The summed E-state index contributed by atoms with van der Waals surface area (Å²) in [6.07, 6.45) is 4.53. The van der Waals surface area contributed by atoms with Crippen LogP contribution in [0.3, 0.4) is 0 Å². The fraction of sp³-hybridized carbons (Fsp3) is 0.0667. The van der Waals surface area contributed by atoms with E-state index >= 15 is 0 Å². The molecule has 1 aromatic heterocycles. The molecule has 21 heavy (non-hydrogen) atoms. The van der Waals surface area contributed by atoms with Crippen LogP contribution >= 0.6 is 0 Å². The van der Waals surface area contributed by atoms with Crippen molar-refractivity contribution in [2.75, 3.05) is 0 Å². The molecular weight excluding hydrogens is 266 g/mol. The quantitative estimate of drug-likeness (QED) is 0.640. The van der Waals surface area contributed by atoms with Gasteiger partial charge in [-0.25, -0.2) is 5.43 Å². The molecule has 0 saturated heterocycles. The van der Waals surface area contributed by atoms with Gasteiger partial charge in [-0.15, -0.1) is 0 Å². The third kappa shape index (κ3) is 4.86. The number of carbonyl (C=O) groups is 1. The van der Waals surface area contributed by atoms with Gasteiger partial charge in [0.1, 0.15) is 0 Å². The first kappa shape index (κ1) is 14.4. The second-order valence-electron chi connectivity index (χ2n) is 4.12. The Morgan fingerprint density at radius 2 is 2.14 bits per heavy atom. The molecule has 0 bridgehead atoms. The van der Waals surface area contributed by atoms with E-state index in [1.807, 2.05) is 18.2 Å². The Kier molecular flexibility index (Phi) is 5.15. The van der Waals surface area contributed by atoms with Crippen molar-refractivity contribution in [1.29, 1.82) is 5.26 Å². The van der Waals surface area contributed by atoms with Gasteiger partial charge < -0.3 is 0 Å². The lowest BCUT2D eigenvalue weighted by molar-refractivity contribution is -0.115. The predicted molar refractivity (Wildman–Crippen MR) is 78.5 cm³/mol. The molecule has 1 heterocycles. The first-order valence-electron chi connectivity index (χ1n) is 6.24. The molecule has 0 aliphatic heterocycles. The van der Waals surface area contributed by atoms with Crippen molar-refractivity contribution < 1.29 is 4.79 Å². The number of benzene rings is 1. The molecule has 1 aromatic carbocycles. The van der Waals surface area contributed by atoms with Crippen molar-refractivity contribution in [1.82, 2.24) is 15.8 Å². The molecule has 6 heteroatoms. The van der Waals surface area contributed by atoms with Crippen LogP contribution in [0, 0.1) is 11.3 Å². The third-order valence-electron chi connectivity index (χ3n) is 2.56. The number of nitrogens with zero attached hydrogens (tertiary/aromatic N) is 3. The van der Waals surface area contributed by atoms with E-state index in [1.165, 1.54) is 0 Å². The van der Waals surface area contributed by atoms with Crippen LogP contribution in [0.5, 0.6) is 0 Å². The van der Waals surface area contributed by atoms with E-state index < -0.39 is 0 Å². The second-order valence-corrected chi connectivity index (χ2v) is 4.12. The van der Waals surface area contributed by atoms with E-state index in [9.17, 15) is 4.79 Å². The zero-order valence-electron chi connectivity index (χ0n) is 11.2. The minimum absolute atomic E-state index is 0.369. The van der Waals surface area contributed by atoms with Gasteiger partial charge in [0.25, 0.3) is 5.91 Å². The minimum Gasteiger partial charge on any atom is -0.286 e. The first-order valence-corrected chi connectivity index (χ1v) is 6.24. The monoisotopic (exact) mass is 279 g/mol. The molecule has 2 rings (SSSR count). The summed E-state index contributed by atoms with van der Waals surface area (Å²) in [5, 5.41) is 8.77. The summed E-state index contributed by atoms with van der Waals surface area (Å²) in [4.78, 5) is 19.5. The number of carbonyl (C=O) groups excluding carboxylic acids is 1. The molecule has 0 atom stereocenters. The largest absolute Gasteiger partial charge is 0.286 e. The van der Waals surface area contributed by atoms with Crippen molar-refractivity contribution in [3.8, 4) is 6.07 Å². The molecule has 0 radical (unpaired) electrons. The Balaban J connectivity index is 1.81. The minimum atomic E-state index is -0.369. The highest BCUT2D eigenvalue weighted by molar-refractivity contribution is 6.26. The van der Waals surface area contributed by atoms with Crippen LogP contribution in [-0.2, 0) is 11.3 Å². The van der Waals surface area contributed by atoms with Gasteiger partial charge in [-0.1, -0.05) is 6.07 Å². The molecule has 104 valence electrons. The summed E-state index contributed by atoms with van der Waals surface area (Å²) >= 11 is 0. The number of nitriles is 1. The Bertz CT molecular complexity index is 676. The highest BCUT2D eigenvalue weighted by Crippen LogP contribution is 2.12. The molecule has 0 saturated carbocycles. The summed E-state index contributed by atoms with van der Waals surface area (Å²) < 4.78 is 0. The Labute approximate surface area is 122 Å². The lowest BCUT2D eigenvalue weighted by atomic mass is 10.2. The molecule has 6 nitrogen and oxygen atoms in total. The van der Waals surface area contributed by atoms with Gasteiger partial charge in [0.05, 0.1) is 23.5 Å². The van der Waals surface area contributed by atoms with Crippen LogP contribution in [0.25, 0.3) is 0 Å². The Morgan fingerprint density at radius 1 is 1.33 bits per heavy atom. The summed E-state index contributed by atoms with van der Waals surface area (Å²) in [6, 6.07) is 12.4. The predicted octanol–water partition coefficient (Wildman–Crippen LogP) is 1.48. The van der Waals surface area contributed by atoms with Crippen molar-refractivity contribution in [2.45, 2.75) is 6.54 Å². The van der Waals surface area contributed by atoms with Crippen molar-refractivity contribution in [3.05, 3.63) is 59.9 Å². The average molecular weight is 279 g/mol. The van der Waals surface area contributed by atoms with Gasteiger partial charge in [0, 0.05) is 18.9 Å². The van der Waals surface area contributed by atoms with Gasteiger partial charge in [-0.05, 0) is 35.9 Å². The van der Waals surface area contributed by atoms with Crippen LogP contribution in [0.15, 0.2) is 53.8 Å². The molecule has 2 aromatic rings. The highest BCUT2D eigenvalue weighted by atomic mass is 16.2. The highest BCUT2D eigenvalue weighted by Gasteiger charge is 1.97. The second kappa shape index (κ2) is 7.53. The fourth-order valence-electron chi connectivity index (χ4n) is 1.56. The van der Waals surface area contributed by atoms with Crippen LogP contribution in [0.1, 0.15) is 11.1 Å². The van der Waals surface area contributed by atoms with Gasteiger partial charge in [0.2, 0.25) is 0 Å². The van der Waals surface area contributed by atoms with Gasteiger partial charge in [-0.3, -0.25) is 20.2 Å². The maximum atomic E-state index is 11.6. The van der Waals surface area contributed by atoms with Crippen molar-refractivity contribution in [3.63, 3.8) is 0 Å². The van der Waals surface area contributed by atoms with E-state index in [0.29, 0.717) is 17.8 Å². The van der Waals surface area contributed by atoms with E-state index in [4.69, 9.17) is 5.26 Å². The summed E-state index contributed by atoms with van der Waals surface area (Å²) in [5.41, 5.74) is 7.35. The fourth-order valence-corrected chi connectivity index (χ4v) is 1.56. The van der Waals surface area contributed by atoms with E-state index in [-0.39, 0.29) is 5.91 Å². The van der Waals surface area contributed by atoms with E-state index in [1.54, 1.807) is 36.7 Å². The van der Waals surface area contributed by atoms with Crippen LogP contribution < -0.4 is 10.9 Å². The summed E-state index contributed by atoms with van der Waals surface area (Å²) in [5.74, 6) is -0.369. The van der Waals surface area contributed by atoms with Crippen LogP contribution in [-0.4, -0.2) is 17.1 Å². The number of amides is 1. The van der Waals surface area contributed by atoms with Gasteiger partial charge in [0.15, 0.2) is 0 Å². The van der Waals surface area contributed by atoms with Gasteiger partial charge in [-0.2, -0.15) is 5.26 Å². The van der Waals surface area contributed by atoms with Crippen molar-refractivity contribution >= 4 is 17.8 Å². The summed E-state index contributed by atoms with van der Waals surface area (Å²) in [7, 11) is 0. The zero-order valence-corrected chi connectivity index (χ0v) is 11.2. The maximum absolute atomic E-state index is 11.6. The number of hydrogen-bond donors (Lipinski definition) is 2. The van der Waals surface area contributed by atoms with Crippen LogP contribution in [0.4, 0.5) is 5.69 Å². The number of aromatic nitrogens is 1. The number of rotatable bonds is 5. The molecule has 0 aliphatic rings. The Morgan fingerprint density at radius 3 is 2.90 bits per heavy atom. The average Bonchev–Trinajstić information content (AvgIpc) is 2.54. The topological polar surface area (TPSA) is 90.2 Å².